The molecule has 0 aliphatic carbocycles. The Bertz CT molecular complexity index is 312. The predicted molar refractivity (Wildman–Crippen MR) is 52.6 cm³/mol. The first kappa shape index (κ1) is 8.53. The molecule has 1 heterocycles. The number of hydrogen-bond donors (Lipinski definition) is 2. The standard InChI is InChI=1S/C10H14N2O/c1-12-8-2-3-9-7(4-8)5-13-6-10(9)11/h2-4,10,12H,5-6,11H2,1H3. The van der Waals surface area contributed by atoms with Gasteiger partial charge in [0.15, 0.2) is 0 Å². The molecule has 0 amide bonds. The van der Waals surface area contributed by atoms with E-state index in [0.717, 1.165) is 5.69 Å². The first-order valence-electron chi connectivity index (χ1n) is 4.45. The van der Waals surface area contributed by atoms with E-state index in [-0.39, 0.29) is 6.04 Å². The molecule has 0 saturated heterocycles. The Hall–Kier alpha value is -1.06. The van der Waals surface area contributed by atoms with Crippen LogP contribution in [0.25, 0.3) is 0 Å². The molecule has 2 rings (SSSR count). The Morgan fingerprint density at radius 2 is 2.38 bits per heavy atom. The average Bonchev–Trinajstić information content (AvgIpc) is 2.18. The largest absolute Gasteiger partial charge is 0.388 e. The number of hydrogen-bond acceptors (Lipinski definition) is 3. The maximum Gasteiger partial charge on any atom is 0.0721 e. The Morgan fingerprint density at radius 1 is 1.54 bits per heavy atom. The number of nitrogens with one attached hydrogen (secondary N) is 1. The average molecular weight is 178 g/mol. The minimum absolute atomic E-state index is 0.0367. The van der Waals surface area contributed by atoms with Crippen molar-refractivity contribution in [1.82, 2.24) is 0 Å². The van der Waals surface area contributed by atoms with Crippen molar-refractivity contribution in [2.45, 2.75) is 12.6 Å². The van der Waals surface area contributed by atoms with E-state index >= 15 is 0 Å². The van der Waals surface area contributed by atoms with Crippen LogP contribution in [-0.2, 0) is 11.3 Å². The van der Waals surface area contributed by atoms with Gasteiger partial charge in [-0.2, -0.15) is 0 Å². The number of ether oxygens (including phenoxy) is 1. The SMILES string of the molecule is CNc1ccc2c(c1)COCC2N. The van der Waals surface area contributed by atoms with Crippen LogP contribution in [0.15, 0.2) is 18.2 Å². The molecule has 0 saturated carbocycles. The quantitative estimate of drug-likeness (QED) is 0.680. The molecule has 3 N–H and O–H groups in total. The van der Waals surface area contributed by atoms with E-state index in [1.807, 2.05) is 13.1 Å². The summed E-state index contributed by atoms with van der Waals surface area (Å²) in [5, 5.41) is 3.10. The summed E-state index contributed by atoms with van der Waals surface area (Å²) in [5.74, 6) is 0. The minimum atomic E-state index is 0.0367. The molecule has 1 aliphatic rings. The fourth-order valence-electron chi connectivity index (χ4n) is 1.63. The van der Waals surface area contributed by atoms with Crippen molar-refractivity contribution in [3.05, 3.63) is 29.3 Å². The van der Waals surface area contributed by atoms with Gasteiger partial charge in [-0.15, -0.1) is 0 Å². The van der Waals surface area contributed by atoms with Gasteiger partial charge in [0.2, 0.25) is 0 Å². The highest BCUT2D eigenvalue weighted by molar-refractivity contribution is 5.49. The fourth-order valence-corrected chi connectivity index (χ4v) is 1.63. The minimum Gasteiger partial charge on any atom is -0.388 e. The Balaban J connectivity index is 2.39. The van der Waals surface area contributed by atoms with E-state index in [2.05, 4.69) is 17.4 Å². The zero-order valence-electron chi connectivity index (χ0n) is 7.71. The van der Waals surface area contributed by atoms with Crippen LogP contribution in [0.4, 0.5) is 5.69 Å². The van der Waals surface area contributed by atoms with Gasteiger partial charge in [0.05, 0.1) is 19.3 Å². The molecule has 0 aromatic heterocycles. The topological polar surface area (TPSA) is 47.3 Å². The van der Waals surface area contributed by atoms with E-state index in [9.17, 15) is 0 Å². The maximum atomic E-state index is 5.89. The molecule has 1 aliphatic heterocycles. The monoisotopic (exact) mass is 178 g/mol. The van der Waals surface area contributed by atoms with Gasteiger partial charge < -0.3 is 15.8 Å². The van der Waals surface area contributed by atoms with E-state index in [1.54, 1.807) is 0 Å². The molecule has 13 heavy (non-hydrogen) atoms. The van der Waals surface area contributed by atoms with Gasteiger partial charge in [0.25, 0.3) is 0 Å². The van der Waals surface area contributed by atoms with Crippen molar-refractivity contribution in [1.29, 1.82) is 0 Å². The van der Waals surface area contributed by atoms with Gasteiger partial charge in [-0.25, -0.2) is 0 Å². The van der Waals surface area contributed by atoms with E-state index in [1.165, 1.54) is 11.1 Å². The highest BCUT2D eigenvalue weighted by Crippen LogP contribution is 2.25. The van der Waals surface area contributed by atoms with Crippen molar-refractivity contribution >= 4 is 5.69 Å². The third-order valence-electron chi connectivity index (χ3n) is 2.39. The Kier molecular flexibility index (Phi) is 2.20. The predicted octanol–water partition coefficient (Wildman–Crippen LogP) is 1.26. The molecule has 0 fully saturated rings. The highest BCUT2D eigenvalue weighted by atomic mass is 16.5. The van der Waals surface area contributed by atoms with Crippen LogP contribution < -0.4 is 11.1 Å². The first-order chi connectivity index (χ1) is 6.31. The van der Waals surface area contributed by atoms with Gasteiger partial charge in [-0.05, 0) is 23.3 Å². The maximum absolute atomic E-state index is 5.89. The summed E-state index contributed by atoms with van der Waals surface area (Å²) < 4.78 is 5.35. The normalized spacial score (nSPS) is 20.9. The summed E-state index contributed by atoms with van der Waals surface area (Å²) in [4.78, 5) is 0. The molecule has 3 heteroatoms. The Labute approximate surface area is 77.9 Å². The second-order valence-corrected chi connectivity index (χ2v) is 3.29. The molecule has 0 bridgehead atoms. The molecule has 1 aromatic carbocycles. The van der Waals surface area contributed by atoms with Crippen LogP contribution in [0.5, 0.6) is 0 Å². The van der Waals surface area contributed by atoms with Crippen LogP contribution in [0.1, 0.15) is 17.2 Å². The summed E-state index contributed by atoms with van der Waals surface area (Å²) in [6, 6.07) is 6.25. The van der Waals surface area contributed by atoms with Gasteiger partial charge in [-0.3, -0.25) is 0 Å². The van der Waals surface area contributed by atoms with Crippen molar-refractivity contribution in [3.63, 3.8) is 0 Å². The number of rotatable bonds is 1. The lowest BCUT2D eigenvalue weighted by atomic mass is 9.99. The third-order valence-corrected chi connectivity index (χ3v) is 2.39. The summed E-state index contributed by atoms with van der Waals surface area (Å²) in [6.45, 7) is 1.31. The summed E-state index contributed by atoms with van der Waals surface area (Å²) in [6.07, 6.45) is 0. The summed E-state index contributed by atoms with van der Waals surface area (Å²) in [5.41, 5.74) is 9.41. The molecule has 1 aromatic rings. The zero-order chi connectivity index (χ0) is 9.26. The second-order valence-electron chi connectivity index (χ2n) is 3.29. The van der Waals surface area contributed by atoms with Gasteiger partial charge in [0, 0.05) is 12.7 Å². The second kappa shape index (κ2) is 3.36. The Morgan fingerprint density at radius 3 is 3.15 bits per heavy atom. The molecular formula is C10H14N2O. The molecule has 0 spiro atoms. The van der Waals surface area contributed by atoms with Crippen molar-refractivity contribution in [3.8, 4) is 0 Å². The van der Waals surface area contributed by atoms with Crippen LogP contribution in [-0.4, -0.2) is 13.7 Å². The summed E-state index contributed by atoms with van der Waals surface area (Å²) in [7, 11) is 1.91. The van der Waals surface area contributed by atoms with Gasteiger partial charge >= 0.3 is 0 Å². The highest BCUT2D eigenvalue weighted by Gasteiger charge is 2.16. The molecule has 3 nitrogen and oxygen atoms in total. The lowest BCUT2D eigenvalue weighted by Gasteiger charge is -2.23. The molecular weight excluding hydrogens is 164 g/mol. The number of nitrogens with two attached hydrogens (primary N) is 1. The number of anilines is 1. The van der Waals surface area contributed by atoms with Crippen molar-refractivity contribution in [2.75, 3.05) is 19.0 Å². The molecule has 1 unspecified atom stereocenters. The molecule has 1 atom stereocenters. The van der Waals surface area contributed by atoms with E-state index < -0.39 is 0 Å². The zero-order valence-corrected chi connectivity index (χ0v) is 7.71. The van der Waals surface area contributed by atoms with Crippen molar-refractivity contribution in [2.24, 2.45) is 5.73 Å². The van der Waals surface area contributed by atoms with Crippen LogP contribution >= 0.6 is 0 Å². The van der Waals surface area contributed by atoms with Gasteiger partial charge in [0.1, 0.15) is 0 Å². The van der Waals surface area contributed by atoms with Crippen LogP contribution in [0.3, 0.4) is 0 Å². The lowest BCUT2D eigenvalue weighted by Crippen LogP contribution is -2.23. The summed E-state index contributed by atoms with van der Waals surface area (Å²) >= 11 is 0. The lowest BCUT2D eigenvalue weighted by molar-refractivity contribution is 0.0924. The van der Waals surface area contributed by atoms with E-state index in [4.69, 9.17) is 10.5 Å². The number of benzene rings is 1. The fraction of sp³-hybridized carbons (Fsp3) is 0.400. The smallest absolute Gasteiger partial charge is 0.0721 e. The van der Waals surface area contributed by atoms with E-state index in [0.29, 0.717) is 13.2 Å². The first-order valence-corrected chi connectivity index (χ1v) is 4.45. The molecule has 70 valence electrons. The number of fused-ring (bicyclic) bond motifs is 1. The van der Waals surface area contributed by atoms with Crippen molar-refractivity contribution < 1.29 is 4.74 Å². The molecule has 0 radical (unpaired) electrons. The van der Waals surface area contributed by atoms with Gasteiger partial charge in [-0.1, -0.05) is 6.07 Å². The van der Waals surface area contributed by atoms with Crippen LogP contribution in [0, 0.1) is 0 Å². The third kappa shape index (κ3) is 1.53. The van der Waals surface area contributed by atoms with Crippen LogP contribution in [0.2, 0.25) is 0 Å².